The summed E-state index contributed by atoms with van der Waals surface area (Å²) in [6, 6.07) is 10.4. The van der Waals surface area contributed by atoms with Gasteiger partial charge in [0.05, 0.1) is 17.7 Å². The van der Waals surface area contributed by atoms with Crippen LogP contribution in [0.5, 0.6) is 5.75 Å². The van der Waals surface area contributed by atoms with E-state index in [4.69, 9.17) is 4.74 Å². The first-order valence-corrected chi connectivity index (χ1v) is 8.04. The quantitative estimate of drug-likeness (QED) is 0.656. The number of amides is 2. The van der Waals surface area contributed by atoms with Crippen LogP contribution >= 0.6 is 0 Å². The number of hydrogen-bond donors (Lipinski definition) is 1. The predicted octanol–water partition coefficient (Wildman–Crippen LogP) is 2.98. The van der Waals surface area contributed by atoms with Crippen molar-refractivity contribution >= 4 is 28.9 Å². The Morgan fingerprint density at radius 2 is 1.96 bits per heavy atom. The Labute approximate surface area is 149 Å². The maximum absolute atomic E-state index is 12.4. The minimum atomic E-state index is -0.523. The van der Waals surface area contributed by atoms with Crippen molar-refractivity contribution in [1.82, 2.24) is 0 Å². The third kappa shape index (κ3) is 3.49. The fourth-order valence-electron chi connectivity index (χ4n) is 2.82. The summed E-state index contributed by atoms with van der Waals surface area (Å²) in [7, 11) is 1.52. The van der Waals surface area contributed by atoms with Crippen LogP contribution in [-0.4, -0.2) is 30.4 Å². The summed E-state index contributed by atoms with van der Waals surface area (Å²) in [4.78, 5) is 36.2. The summed E-state index contributed by atoms with van der Waals surface area (Å²) in [5.74, 6) is 0.166. The van der Waals surface area contributed by atoms with Gasteiger partial charge in [-0.15, -0.1) is 0 Å². The lowest BCUT2D eigenvalue weighted by Gasteiger charge is -2.20. The van der Waals surface area contributed by atoms with Gasteiger partial charge in [-0.25, -0.2) is 0 Å². The topological polar surface area (TPSA) is 102 Å². The van der Waals surface area contributed by atoms with E-state index in [9.17, 15) is 19.7 Å². The van der Waals surface area contributed by atoms with Gasteiger partial charge in [0, 0.05) is 36.3 Å². The van der Waals surface area contributed by atoms with Gasteiger partial charge in [0.1, 0.15) is 5.75 Å². The van der Waals surface area contributed by atoms with Gasteiger partial charge in [0.2, 0.25) is 5.91 Å². The molecule has 0 spiro atoms. The molecule has 8 heteroatoms. The predicted molar refractivity (Wildman–Crippen MR) is 95.6 cm³/mol. The molecule has 8 nitrogen and oxygen atoms in total. The summed E-state index contributed by atoms with van der Waals surface area (Å²) in [6.45, 7) is 0.606. The van der Waals surface area contributed by atoms with Crippen molar-refractivity contribution in [2.45, 2.75) is 12.8 Å². The molecule has 1 aliphatic rings. The highest BCUT2D eigenvalue weighted by molar-refractivity contribution is 6.05. The van der Waals surface area contributed by atoms with Crippen molar-refractivity contribution in [3.05, 3.63) is 58.1 Å². The van der Waals surface area contributed by atoms with Crippen molar-refractivity contribution in [1.29, 1.82) is 0 Å². The molecular weight excluding hydrogens is 338 g/mol. The van der Waals surface area contributed by atoms with E-state index in [-0.39, 0.29) is 11.6 Å². The van der Waals surface area contributed by atoms with E-state index in [1.54, 1.807) is 23.1 Å². The van der Waals surface area contributed by atoms with Crippen LogP contribution in [-0.2, 0) is 4.79 Å². The largest absolute Gasteiger partial charge is 0.495 e. The van der Waals surface area contributed by atoms with Crippen molar-refractivity contribution in [2.24, 2.45) is 0 Å². The fraction of sp³-hybridized carbons (Fsp3) is 0.222. The van der Waals surface area contributed by atoms with Gasteiger partial charge in [-0.3, -0.25) is 19.7 Å². The number of benzene rings is 2. The molecule has 1 fully saturated rings. The van der Waals surface area contributed by atoms with Crippen LogP contribution in [0.4, 0.5) is 17.1 Å². The van der Waals surface area contributed by atoms with Gasteiger partial charge in [-0.05, 0) is 36.8 Å². The lowest BCUT2D eigenvalue weighted by molar-refractivity contribution is -0.384. The highest BCUT2D eigenvalue weighted by Crippen LogP contribution is 2.34. The smallest absolute Gasteiger partial charge is 0.269 e. The summed E-state index contributed by atoms with van der Waals surface area (Å²) < 4.78 is 5.32. The van der Waals surface area contributed by atoms with Gasteiger partial charge in [-0.1, -0.05) is 0 Å². The van der Waals surface area contributed by atoms with Crippen LogP contribution in [0.3, 0.4) is 0 Å². The van der Waals surface area contributed by atoms with Crippen LogP contribution < -0.4 is 15.0 Å². The first kappa shape index (κ1) is 17.4. The molecule has 0 atom stereocenters. The van der Waals surface area contributed by atoms with E-state index in [0.29, 0.717) is 35.7 Å². The van der Waals surface area contributed by atoms with Crippen molar-refractivity contribution in [3.8, 4) is 5.75 Å². The number of nitro benzene ring substituents is 1. The minimum absolute atomic E-state index is 0.0159. The molecule has 2 aromatic carbocycles. The number of carbonyl (C=O) groups is 2. The molecule has 1 aliphatic heterocycles. The third-order valence-electron chi connectivity index (χ3n) is 4.14. The monoisotopic (exact) mass is 355 g/mol. The number of ether oxygens (including phenoxy) is 1. The number of methoxy groups -OCH3 is 1. The maximum Gasteiger partial charge on any atom is 0.269 e. The summed E-state index contributed by atoms with van der Waals surface area (Å²) in [6.07, 6.45) is 1.27. The summed E-state index contributed by atoms with van der Waals surface area (Å²) >= 11 is 0. The number of carbonyl (C=O) groups excluding carboxylic acids is 2. The average molecular weight is 355 g/mol. The number of hydrogen-bond acceptors (Lipinski definition) is 5. The number of anilines is 2. The number of nitro groups is 1. The molecule has 0 unspecified atom stereocenters. The molecule has 0 aromatic heterocycles. The Morgan fingerprint density at radius 3 is 2.54 bits per heavy atom. The van der Waals surface area contributed by atoms with E-state index < -0.39 is 10.8 Å². The zero-order valence-electron chi connectivity index (χ0n) is 14.1. The third-order valence-corrected chi connectivity index (χ3v) is 4.14. The molecular formula is C18H17N3O5. The molecule has 0 bridgehead atoms. The zero-order chi connectivity index (χ0) is 18.7. The van der Waals surface area contributed by atoms with Crippen LogP contribution in [0.15, 0.2) is 42.5 Å². The molecule has 1 saturated heterocycles. The summed E-state index contributed by atoms with van der Waals surface area (Å²) in [5.41, 5.74) is 1.33. The number of rotatable bonds is 5. The van der Waals surface area contributed by atoms with Crippen molar-refractivity contribution in [2.75, 3.05) is 23.9 Å². The molecule has 3 rings (SSSR count). The molecule has 1 heterocycles. The van der Waals surface area contributed by atoms with E-state index in [1.807, 2.05) is 0 Å². The normalized spacial score (nSPS) is 13.6. The second kappa shape index (κ2) is 7.22. The lowest BCUT2D eigenvalue weighted by Crippen LogP contribution is -2.24. The van der Waals surface area contributed by atoms with Crippen LogP contribution in [0.25, 0.3) is 0 Å². The van der Waals surface area contributed by atoms with Crippen LogP contribution in [0.2, 0.25) is 0 Å². The average Bonchev–Trinajstić information content (AvgIpc) is 3.07. The molecule has 0 radical (unpaired) electrons. The van der Waals surface area contributed by atoms with Gasteiger partial charge < -0.3 is 15.0 Å². The first-order chi connectivity index (χ1) is 12.5. The second-order valence-corrected chi connectivity index (χ2v) is 5.79. The number of nitrogens with one attached hydrogen (secondary N) is 1. The molecule has 1 N–H and O–H groups in total. The molecule has 26 heavy (non-hydrogen) atoms. The molecule has 2 aromatic rings. The van der Waals surface area contributed by atoms with Crippen LogP contribution in [0, 0.1) is 10.1 Å². The fourth-order valence-corrected chi connectivity index (χ4v) is 2.82. The van der Waals surface area contributed by atoms with Gasteiger partial charge in [-0.2, -0.15) is 0 Å². The maximum atomic E-state index is 12.4. The van der Waals surface area contributed by atoms with E-state index >= 15 is 0 Å². The zero-order valence-corrected chi connectivity index (χ0v) is 14.1. The molecule has 0 saturated carbocycles. The lowest BCUT2D eigenvalue weighted by atomic mass is 10.2. The second-order valence-electron chi connectivity index (χ2n) is 5.79. The molecule has 134 valence electrons. The molecule has 2 amide bonds. The van der Waals surface area contributed by atoms with Gasteiger partial charge in [0.15, 0.2) is 0 Å². The van der Waals surface area contributed by atoms with Crippen LogP contribution in [0.1, 0.15) is 23.2 Å². The highest BCUT2D eigenvalue weighted by atomic mass is 16.6. The minimum Gasteiger partial charge on any atom is -0.495 e. The summed E-state index contributed by atoms with van der Waals surface area (Å²) in [5, 5.41) is 13.4. The van der Waals surface area contributed by atoms with E-state index in [1.165, 1.54) is 31.4 Å². The SMILES string of the molecule is COc1ccc(NC(=O)c2ccc([N+](=O)[O-])cc2)cc1N1CCCC1=O. The van der Waals surface area contributed by atoms with Gasteiger partial charge >= 0.3 is 0 Å². The standard InChI is InChI=1S/C18H17N3O5/c1-26-16-9-6-13(11-15(16)20-10-2-3-17(20)22)19-18(23)12-4-7-14(8-5-12)21(24)25/h4-9,11H,2-3,10H2,1H3,(H,19,23). The Balaban J connectivity index is 1.82. The van der Waals surface area contributed by atoms with E-state index in [0.717, 1.165) is 6.42 Å². The van der Waals surface area contributed by atoms with E-state index in [2.05, 4.69) is 5.32 Å². The van der Waals surface area contributed by atoms with Crippen molar-refractivity contribution in [3.63, 3.8) is 0 Å². The Bertz CT molecular complexity index is 864. The Hall–Kier alpha value is -3.42. The Kier molecular flexibility index (Phi) is 4.83. The Morgan fingerprint density at radius 1 is 1.23 bits per heavy atom. The van der Waals surface area contributed by atoms with Gasteiger partial charge in [0.25, 0.3) is 11.6 Å². The number of non-ortho nitro benzene ring substituents is 1. The molecule has 0 aliphatic carbocycles. The first-order valence-electron chi connectivity index (χ1n) is 8.04. The highest BCUT2D eigenvalue weighted by Gasteiger charge is 2.25. The number of nitrogens with zero attached hydrogens (tertiary/aromatic N) is 2. The van der Waals surface area contributed by atoms with Crippen molar-refractivity contribution < 1.29 is 19.2 Å².